The summed E-state index contributed by atoms with van der Waals surface area (Å²) in [7, 11) is 2.39. The average molecular weight is 881 g/mol. The largest absolute Gasteiger partial charge is 0.453 e. The van der Waals surface area contributed by atoms with Gasteiger partial charge in [0, 0.05) is 25.1 Å². The highest BCUT2D eigenvalue weighted by Crippen LogP contribution is 2.42. The standard InChI is InChI=1S/C46H50F2N8O8/c1-25(2)37(53-45(62)64-4)43(60)55-24-46(47,48)22-36(55)39-49-23-33(51-39)28-12-10-26(11-13-28)27-14-17-31(18-15-27)50-40(57)34-9-6-20-54(34)42(59)35-21-30-8-5-7-29-16-19-32(52-44(61)63-3)41(58)56(35)38(29)30/h5,7-8,10-15,17-18,23,25,32,34-37H,6,9,16,19-22,24H2,1-4H3,(H,49,51)(H,50,57)(H,52,61)(H,53,62)/t32-,34-,35-,36-,37-/m0/s1. The number of anilines is 2. The summed E-state index contributed by atoms with van der Waals surface area (Å²) in [6.45, 7) is 2.96. The van der Waals surface area contributed by atoms with Crippen molar-refractivity contribution in [2.24, 2.45) is 5.92 Å². The Morgan fingerprint density at radius 1 is 0.859 bits per heavy atom. The van der Waals surface area contributed by atoms with Crippen LogP contribution in [0.4, 0.5) is 29.7 Å². The SMILES string of the molecule is COC(=O)N[C@H]1CCc2cccc3c2N(C1=O)[C@H](C(=O)N1CCC[C@H]1C(=O)Nc1ccc(-c2ccc(-c4cnc([C@@H]5CC(F)(F)CN5C(=O)[C@@H](NC(=O)OC)C(C)C)[nH]4)cc2)cc1)C3. The molecule has 1 aromatic heterocycles. The van der Waals surface area contributed by atoms with Crippen LogP contribution in [0.25, 0.3) is 22.4 Å². The lowest BCUT2D eigenvalue weighted by Gasteiger charge is -2.32. The number of H-pyrrole nitrogens is 1. The van der Waals surface area contributed by atoms with Crippen molar-refractivity contribution in [3.63, 3.8) is 0 Å². The molecule has 5 heterocycles. The van der Waals surface area contributed by atoms with E-state index in [1.54, 1.807) is 30.9 Å². The van der Waals surface area contributed by atoms with Gasteiger partial charge < -0.3 is 40.2 Å². The van der Waals surface area contributed by atoms with Gasteiger partial charge in [0.1, 0.15) is 30.0 Å². The average Bonchev–Trinajstić information content (AvgIpc) is 4.10. The molecular formula is C46H50F2N8O8. The number of imidazole rings is 1. The lowest BCUT2D eigenvalue weighted by molar-refractivity contribution is -0.138. The van der Waals surface area contributed by atoms with E-state index in [1.165, 1.54) is 18.2 Å². The smallest absolute Gasteiger partial charge is 0.407 e. The third kappa shape index (κ3) is 8.60. The third-order valence-corrected chi connectivity index (χ3v) is 12.5. The number of likely N-dealkylation sites (tertiary alicyclic amines) is 2. The maximum absolute atomic E-state index is 14.8. The fraction of sp³-hybridized carbons (Fsp3) is 0.413. The Labute approximate surface area is 368 Å². The Bertz CT molecular complexity index is 2460. The van der Waals surface area contributed by atoms with Gasteiger partial charge in [-0.2, -0.15) is 0 Å². The maximum atomic E-state index is 14.8. The van der Waals surface area contributed by atoms with Crippen LogP contribution < -0.4 is 20.9 Å². The van der Waals surface area contributed by atoms with Crippen molar-refractivity contribution < 1.29 is 47.0 Å². The van der Waals surface area contributed by atoms with Gasteiger partial charge in [-0.25, -0.2) is 23.4 Å². The zero-order valence-electron chi connectivity index (χ0n) is 35.9. The minimum absolute atomic E-state index is 0.200. The number of benzene rings is 3. The number of aromatic amines is 1. The number of methoxy groups -OCH3 is 2. The van der Waals surface area contributed by atoms with Crippen LogP contribution in [0.3, 0.4) is 0 Å². The first-order valence-electron chi connectivity index (χ1n) is 21.3. The van der Waals surface area contributed by atoms with Gasteiger partial charge in [-0.1, -0.05) is 68.4 Å². The van der Waals surface area contributed by atoms with E-state index in [2.05, 4.69) is 30.7 Å². The van der Waals surface area contributed by atoms with Gasteiger partial charge in [-0.3, -0.25) is 24.1 Å². The van der Waals surface area contributed by atoms with Crippen LogP contribution in [0.15, 0.2) is 72.9 Å². The number of aromatic nitrogens is 2. The molecule has 4 aliphatic rings. The van der Waals surface area contributed by atoms with Gasteiger partial charge in [0.15, 0.2) is 0 Å². The molecule has 8 rings (SSSR count). The van der Waals surface area contributed by atoms with Crippen LogP contribution in [0.5, 0.6) is 0 Å². The number of hydrogen-bond donors (Lipinski definition) is 4. The van der Waals surface area contributed by atoms with Crippen molar-refractivity contribution >= 4 is 47.2 Å². The Morgan fingerprint density at radius 2 is 1.53 bits per heavy atom. The lowest BCUT2D eigenvalue weighted by atomic mass is 10.0. The van der Waals surface area contributed by atoms with Gasteiger partial charge in [0.25, 0.3) is 5.92 Å². The van der Waals surface area contributed by atoms with Crippen LogP contribution in [0, 0.1) is 5.92 Å². The number of rotatable bonds is 10. The zero-order valence-corrected chi connectivity index (χ0v) is 35.9. The topological polar surface area (TPSA) is 195 Å². The van der Waals surface area contributed by atoms with Crippen molar-refractivity contribution in [2.45, 2.75) is 88.5 Å². The van der Waals surface area contributed by atoms with Crippen molar-refractivity contribution in [1.29, 1.82) is 0 Å². The molecule has 16 nitrogen and oxygen atoms in total. The summed E-state index contributed by atoms with van der Waals surface area (Å²) in [5.41, 5.74) is 6.06. The van der Waals surface area contributed by atoms with Crippen LogP contribution in [-0.2, 0) is 41.5 Å². The molecule has 2 saturated heterocycles. The normalized spacial score (nSPS) is 21.5. The van der Waals surface area contributed by atoms with E-state index in [0.717, 1.165) is 39.8 Å². The highest BCUT2D eigenvalue weighted by Gasteiger charge is 2.51. The summed E-state index contributed by atoms with van der Waals surface area (Å²) >= 11 is 0. The zero-order chi connectivity index (χ0) is 45.4. The quantitative estimate of drug-likeness (QED) is 0.157. The monoisotopic (exact) mass is 880 g/mol. The minimum Gasteiger partial charge on any atom is -0.453 e. The highest BCUT2D eigenvalue weighted by atomic mass is 19.3. The molecule has 0 bridgehead atoms. The van der Waals surface area contributed by atoms with E-state index in [4.69, 9.17) is 4.74 Å². The number of nitrogens with one attached hydrogen (secondary N) is 4. The van der Waals surface area contributed by atoms with E-state index < -0.39 is 73.1 Å². The molecule has 4 N–H and O–H groups in total. The molecule has 2 fully saturated rings. The van der Waals surface area contributed by atoms with E-state index in [-0.39, 0.29) is 23.5 Å². The first-order chi connectivity index (χ1) is 30.7. The first-order valence-corrected chi connectivity index (χ1v) is 21.3. The number of halogens is 2. The summed E-state index contributed by atoms with van der Waals surface area (Å²) in [5, 5.41) is 8.06. The molecular weight excluding hydrogens is 831 g/mol. The maximum Gasteiger partial charge on any atom is 0.407 e. The number of carbonyl (C=O) groups excluding carboxylic acids is 6. The Morgan fingerprint density at radius 3 is 2.22 bits per heavy atom. The Kier molecular flexibility index (Phi) is 12.1. The number of ether oxygens (including phenoxy) is 2. The van der Waals surface area contributed by atoms with Crippen LogP contribution in [-0.4, -0.2) is 113 Å². The van der Waals surface area contributed by atoms with Gasteiger partial charge >= 0.3 is 12.2 Å². The second-order valence-electron chi connectivity index (χ2n) is 17.0. The molecule has 0 spiro atoms. The fourth-order valence-electron chi connectivity index (χ4n) is 9.30. The van der Waals surface area contributed by atoms with E-state index in [0.29, 0.717) is 55.7 Å². The van der Waals surface area contributed by atoms with Gasteiger partial charge in [-0.15, -0.1) is 0 Å². The van der Waals surface area contributed by atoms with E-state index in [9.17, 15) is 37.5 Å². The summed E-state index contributed by atoms with van der Waals surface area (Å²) in [6, 6.07) is 15.9. The summed E-state index contributed by atoms with van der Waals surface area (Å²) in [6.07, 6.45) is 1.61. The molecule has 5 atom stereocenters. The van der Waals surface area contributed by atoms with Crippen molar-refractivity contribution in [1.82, 2.24) is 30.4 Å². The summed E-state index contributed by atoms with van der Waals surface area (Å²) in [5.74, 6) is -5.04. The number of aryl methyl sites for hydroxylation is 1. The minimum atomic E-state index is -3.16. The van der Waals surface area contributed by atoms with Crippen LogP contribution >= 0.6 is 0 Å². The Balaban J connectivity index is 0.914. The van der Waals surface area contributed by atoms with E-state index in [1.807, 2.05) is 54.6 Å². The molecule has 4 aliphatic heterocycles. The number of para-hydroxylation sites is 1. The molecule has 0 radical (unpaired) electrons. The number of carbonyl (C=O) groups is 6. The molecule has 4 aromatic rings. The van der Waals surface area contributed by atoms with Gasteiger partial charge in [-0.05, 0) is 71.6 Å². The fourth-order valence-corrected chi connectivity index (χ4v) is 9.30. The second kappa shape index (κ2) is 17.7. The number of hydrogen-bond acceptors (Lipinski definition) is 9. The molecule has 18 heteroatoms. The molecule has 3 aromatic carbocycles. The number of nitrogens with zero attached hydrogens (tertiary/aromatic N) is 4. The molecule has 336 valence electrons. The number of alkyl carbamates (subject to hydrolysis) is 2. The second-order valence-corrected chi connectivity index (χ2v) is 17.0. The molecule has 0 unspecified atom stereocenters. The predicted molar refractivity (Wildman–Crippen MR) is 230 cm³/mol. The lowest BCUT2D eigenvalue weighted by Crippen LogP contribution is -2.56. The van der Waals surface area contributed by atoms with Crippen LogP contribution in [0.2, 0.25) is 0 Å². The third-order valence-electron chi connectivity index (χ3n) is 12.5. The van der Waals surface area contributed by atoms with Crippen molar-refractivity contribution in [3.05, 3.63) is 89.9 Å². The number of amides is 6. The molecule has 0 aliphatic carbocycles. The summed E-state index contributed by atoms with van der Waals surface area (Å²) in [4.78, 5) is 91.3. The van der Waals surface area contributed by atoms with E-state index >= 15 is 0 Å². The highest BCUT2D eigenvalue weighted by molar-refractivity contribution is 6.08. The van der Waals surface area contributed by atoms with Gasteiger partial charge in [0.05, 0.1) is 44.4 Å². The number of alkyl halides is 2. The Hall–Kier alpha value is -6.85. The first kappa shape index (κ1) is 43.8. The van der Waals surface area contributed by atoms with Crippen LogP contribution in [0.1, 0.15) is 62.5 Å². The van der Waals surface area contributed by atoms with Gasteiger partial charge in [0.2, 0.25) is 23.6 Å². The van der Waals surface area contributed by atoms with Crippen molar-refractivity contribution in [2.75, 3.05) is 37.5 Å². The predicted octanol–water partition coefficient (Wildman–Crippen LogP) is 5.59. The molecule has 6 amide bonds. The molecule has 0 saturated carbocycles. The van der Waals surface area contributed by atoms with Crippen molar-refractivity contribution in [3.8, 4) is 22.4 Å². The summed E-state index contributed by atoms with van der Waals surface area (Å²) < 4.78 is 39.0. The molecule has 64 heavy (non-hydrogen) atoms.